The second kappa shape index (κ2) is 2.05. The fourth-order valence-electron chi connectivity index (χ4n) is 0.787. The summed E-state index contributed by atoms with van der Waals surface area (Å²) in [6, 6.07) is -0.0949. The van der Waals surface area contributed by atoms with Gasteiger partial charge in [-0.3, -0.25) is 4.90 Å². The first-order valence-corrected chi connectivity index (χ1v) is 2.91. The van der Waals surface area contributed by atoms with Crippen LogP contribution in [0.15, 0.2) is 12.4 Å². The molecule has 0 aromatic heterocycles. The van der Waals surface area contributed by atoms with Gasteiger partial charge in [-0.05, 0) is 0 Å². The highest BCUT2D eigenvalue weighted by atomic mass is 16.2. The van der Waals surface area contributed by atoms with Gasteiger partial charge in [0.1, 0.15) is 13.2 Å². The number of nitrogens with two attached hydrogens (primary N) is 1. The zero-order chi connectivity index (χ0) is 7.78. The minimum absolute atomic E-state index is 0.0729. The molecule has 5 heteroatoms. The molecule has 5 nitrogen and oxygen atoms in total. The third-order valence-corrected chi connectivity index (χ3v) is 1.56. The average molecular weight is 143 g/mol. The zero-order valence-corrected chi connectivity index (χ0v) is 6.03. The van der Waals surface area contributed by atoms with Crippen molar-refractivity contribution < 1.29 is 9.39 Å². The standard InChI is InChI=1S/C5H11N4O/c1-8-3-4-9(2,7-6)5(8)10/h3-4,7H,6H2,1-2H3/q+1. The summed E-state index contributed by atoms with van der Waals surface area (Å²) in [5, 5.41) is 0. The van der Waals surface area contributed by atoms with Gasteiger partial charge < -0.3 is 0 Å². The lowest BCUT2D eigenvalue weighted by atomic mass is 10.8. The Hall–Kier alpha value is -0.910. The topological polar surface area (TPSA) is 58.4 Å². The van der Waals surface area contributed by atoms with E-state index in [0.29, 0.717) is 0 Å². The molecule has 1 atom stereocenters. The van der Waals surface area contributed by atoms with Gasteiger partial charge in [0.25, 0.3) is 0 Å². The Labute approximate surface area is 59.2 Å². The van der Waals surface area contributed by atoms with Gasteiger partial charge in [0, 0.05) is 7.05 Å². The average Bonchev–Trinajstić information content (AvgIpc) is 2.19. The lowest BCUT2D eigenvalue weighted by Gasteiger charge is -2.20. The maximum atomic E-state index is 11.2. The van der Waals surface area contributed by atoms with E-state index in [0.717, 1.165) is 0 Å². The summed E-state index contributed by atoms with van der Waals surface area (Å²) in [5.74, 6) is 5.14. The van der Waals surface area contributed by atoms with Crippen LogP contribution in [0.1, 0.15) is 0 Å². The molecule has 2 amide bonds. The molecular weight excluding hydrogens is 132 g/mol. The SMILES string of the molecule is CN1C=C[N+](C)(NN)C1=O. The number of hydrogen-bond acceptors (Lipinski definition) is 3. The Morgan fingerprint density at radius 1 is 1.80 bits per heavy atom. The molecule has 0 aromatic rings. The van der Waals surface area contributed by atoms with Crippen molar-refractivity contribution in [1.29, 1.82) is 0 Å². The van der Waals surface area contributed by atoms with E-state index in [1.54, 1.807) is 26.5 Å². The summed E-state index contributed by atoms with van der Waals surface area (Å²) in [6.45, 7) is 0. The van der Waals surface area contributed by atoms with E-state index in [1.165, 1.54) is 4.90 Å². The first kappa shape index (κ1) is 7.20. The van der Waals surface area contributed by atoms with Gasteiger partial charge in [-0.15, -0.1) is 4.59 Å². The predicted octanol–water partition coefficient (Wildman–Crippen LogP) is -0.652. The van der Waals surface area contributed by atoms with E-state index in [9.17, 15) is 4.79 Å². The van der Waals surface area contributed by atoms with Crippen LogP contribution in [-0.2, 0) is 0 Å². The molecule has 0 bridgehead atoms. The monoisotopic (exact) mass is 143 g/mol. The third-order valence-electron chi connectivity index (χ3n) is 1.56. The largest absolute Gasteiger partial charge is 0.448 e. The molecule has 0 aliphatic carbocycles. The molecule has 10 heavy (non-hydrogen) atoms. The summed E-state index contributed by atoms with van der Waals surface area (Å²) in [4.78, 5) is 12.6. The molecule has 1 aliphatic heterocycles. The van der Waals surface area contributed by atoms with Crippen molar-refractivity contribution in [3.8, 4) is 0 Å². The van der Waals surface area contributed by atoms with Crippen molar-refractivity contribution in [3.05, 3.63) is 12.4 Å². The first-order valence-electron chi connectivity index (χ1n) is 2.91. The number of quaternary nitrogens is 1. The lowest BCUT2D eigenvalue weighted by molar-refractivity contribution is -0.824. The van der Waals surface area contributed by atoms with E-state index < -0.39 is 0 Å². The van der Waals surface area contributed by atoms with Gasteiger partial charge >= 0.3 is 6.03 Å². The van der Waals surface area contributed by atoms with Gasteiger partial charge in [-0.25, -0.2) is 10.6 Å². The second-order valence-corrected chi connectivity index (χ2v) is 2.40. The molecule has 0 spiro atoms. The van der Waals surface area contributed by atoms with Crippen molar-refractivity contribution >= 4 is 6.03 Å². The van der Waals surface area contributed by atoms with Crippen molar-refractivity contribution in [3.63, 3.8) is 0 Å². The van der Waals surface area contributed by atoms with Crippen LogP contribution in [0.4, 0.5) is 4.79 Å². The van der Waals surface area contributed by atoms with Crippen molar-refractivity contribution in [2.75, 3.05) is 14.1 Å². The molecule has 1 rings (SSSR count). The Kier molecular flexibility index (Phi) is 1.47. The second-order valence-electron chi connectivity index (χ2n) is 2.40. The molecule has 1 heterocycles. The van der Waals surface area contributed by atoms with Crippen LogP contribution in [0, 0.1) is 0 Å². The number of hydrogen-bond donors (Lipinski definition) is 2. The van der Waals surface area contributed by atoms with Crippen LogP contribution in [0.5, 0.6) is 0 Å². The van der Waals surface area contributed by atoms with Gasteiger partial charge in [0.2, 0.25) is 0 Å². The number of hydrazine groups is 1. The summed E-state index contributed by atoms with van der Waals surface area (Å²) < 4.78 is -0.0729. The summed E-state index contributed by atoms with van der Waals surface area (Å²) in [7, 11) is 3.35. The van der Waals surface area contributed by atoms with Crippen LogP contribution >= 0.6 is 0 Å². The van der Waals surface area contributed by atoms with E-state index in [-0.39, 0.29) is 10.6 Å². The van der Waals surface area contributed by atoms with Gasteiger partial charge in [0.15, 0.2) is 0 Å². The van der Waals surface area contributed by atoms with E-state index >= 15 is 0 Å². The Bertz CT molecular complexity index is 190. The van der Waals surface area contributed by atoms with E-state index in [1.807, 2.05) is 0 Å². The molecule has 0 aromatic carbocycles. The maximum Gasteiger partial charge on any atom is 0.448 e. The molecule has 1 unspecified atom stereocenters. The van der Waals surface area contributed by atoms with Crippen LogP contribution in [0.25, 0.3) is 0 Å². The van der Waals surface area contributed by atoms with Crippen LogP contribution < -0.4 is 11.4 Å². The van der Waals surface area contributed by atoms with E-state index in [2.05, 4.69) is 5.53 Å². The summed E-state index contributed by atoms with van der Waals surface area (Å²) in [5.41, 5.74) is 2.38. The summed E-state index contributed by atoms with van der Waals surface area (Å²) >= 11 is 0. The fourth-order valence-corrected chi connectivity index (χ4v) is 0.787. The number of nitrogens with one attached hydrogen (secondary N) is 1. The number of urea groups is 1. The highest BCUT2D eigenvalue weighted by Gasteiger charge is 2.37. The van der Waals surface area contributed by atoms with Gasteiger partial charge in [-0.2, -0.15) is 0 Å². The van der Waals surface area contributed by atoms with Gasteiger partial charge in [0.05, 0.1) is 6.20 Å². The van der Waals surface area contributed by atoms with Crippen LogP contribution in [0.2, 0.25) is 0 Å². The third kappa shape index (κ3) is 0.804. The number of nitrogens with zero attached hydrogens (tertiary/aromatic N) is 2. The summed E-state index contributed by atoms with van der Waals surface area (Å²) in [6.07, 6.45) is 3.34. The molecule has 1 aliphatic rings. The van der Waals surface area contributed by atoms with E-state index in [4.69, 9.17) is 5.84 Å². The molecular formula is C5H11N4O+. The Balaban J connectivity index is 2.84. The minimum Gasteiger partial charge on any atom is -0.264 e. The van der Waals surface area contributed by atoms with Gasteiger partial charge in [-0.1, -0.05) is 5.53 Å². The normalized spacial score (nSPS) is 31.9. The molecule has 3 N–H and O–H groups in total. The Morgan fingerprint density at radius 2 is 2.40 bits per heavy atom. The highest BCUT2D eigenvalue weighted by molar-refractivity contribution is 5.70. The lowest BCUT2D eigenvalue weighted by Crippen LogP contribution is -2.58. The predicted molar refractivity (Wildman–Crippen MR) is 35.8 cm³/mol. The van der Waals surface area contributed by atoms with Crippen molar-refractivity contribution in [2.24, 2.45) is 5.84 Å². The molecule has 56 valence electrons. The Morgan fingerprint density at radius 3 is 2.60 bits per heavy atom. The fraction of sp³-hybridized carbons (Fsp3) is 0.400. The van der Waals surface area contributed by atoms with Crippen LogP contribution in [-0.4, -0.2) is 29.6 Å². The molecule has 0 fully saturated rings. The molecule has 0 radical (unpaired) electrons. The maximum absolute atomic E-state index is 11.2. The van der Waals surface area contributed by atoms with Crippen molar-refractivity contribution in [1.82, 2.24) is 10.4 Å². The first-order chi connectivity index (χ1) is 4.60. The van der Waals surface area contributed by atoms with Crippen molar-refractivity contribution in [2.45, 2.75) is 0 Å². The highest BCUT2D eigenvalue weighted by Crippen LogP contribution is 2.11. The number of rotatable bonds is 1. The minimum atomic E-state index is -0.0949. The number of amides is 2. The number of carbonyl (C=O) groups excluding carboxylic acids is 1. The molecule has 0 saturated heterocycles. The molecule has 0 saturated carbocycles. The zero-order valence-electron chi connectivity index (χ0n) is 6.03. The van der Waals surface area contributed by atoms with Crippen LogP contribution in [0.3, 0.4) is 0 Å². The smallest absolute Gasteiger partial charge is 0.264 e. The quantitative estimate of drug-likeness (QED) is 0.291. The number of carbonyl (C=O) groups is 1.